The van der Waals surface area contributed by atoms with Crippen molar-refractivity contribution in [2.75, 3.05) is 0 Å². The fraction of sp³-hybridized carbons (Fsp3) is 0.158. The van der Waals surface area contributed by atoms with Crippen molar-refractivity contribution in [1.82, 2.24) is 15.2 Å². The number of hydrogen-bond acceptors (Lipinski definition) is 2. The number of halogens is 1. The van der Waals surface area contributed by atoms with E-state index in [0.29, 0.717) is 0 Å². The Balaban J connectivity index is 1.66. The summed E-state index contributed by atoms with van der Waals surface area (Å²) in [6.07, 6.45) is 3.33. The van der Waals surface area contributed by atoms with E-state index in [2.05, 4.69) is 40.0 Å². The van der Waals surface area contributed by atoms with Gasteiger partial charge in [0, 0.05) is 35.3 Å². The van der Waals surface area contributed by atoms with Crippen molar-refractivity contribution in [3.8, 4) is 23.1 Å². The molecule has 0 spiro atoms. The van der Waals surface area contributed by atoms with Crippen LogP contribution >= 0.6 is 11.6 Å². The van der Waals surface area contributed by atoms with Crippen molar-refractivity contribution in [2.24, 2.45) is 0 Å². The molecule has 3 nitrogen and oxygen atoms in total. The minimum atomic E-state index is 0.719. The first kappa shape index (κ1) is 15.3. The van der Waals surface area contributed by atoms with Gasteiger partial charge in [-0.05, 0) is 48.7 Å². The summed E-state index contributed by atoms with van der Waals surface area (Å²) in [6.45, 7) is 2.05. The van der Waals surface area contributed by atoms with Gasteiger partial charge in [0.05, 0.1) is 5.69 Å². The minimum Gasteiger partial charge on any atom is -0.282 e. The lowest BCUT2D eigenvalue weighted by molar-refractivity contribution is 0.929. The Hall–Kier alpha value is -2.57. The molecule has 114 valence electrons. The lowest BCUT2D eigenvalue weighted by atomic mass is 10.1. The summed E-state index contributed by atoms with van der Waals surface area (Å²) >= 11 is 6.07. The fourth-order valence-electron chi connectivity index (χ4n) is 2.28. The highest BCUT2D eigenvalue weighted by Gasteiger charge is 2.07. The van der Waals surface area contributed by atoms with Gasteiger partial charge >= 0.3 is 0 Å². The number of nitrogens with one attached hydrogen (secondary N) is 1. The number of benzene rings is 1. The van der Waals surface area contributed by atoms with Gasteiger partial charge in [-0.25, -0.2) is 4.98 Å². The lowest BCUT2D eigenvalue weighted by Gasteiger charge is -2.02. The Kier molecular flexibility index (Phi) is 4.75. The number of aromatic nitrogens is 3. The van der Waals surface area contributed by atoms with Gasteiger partial charge < -0.3 is 0 Å². The van der Waals surface area contributed by atoms with Gasteiger partial charge in [-0.3, -0.25) is 5.10 Å². The second kappa shape index (κ2) is 7.13. The van der Waals surface area contributed by atoms with E-state index in [-0.39, 0.29) is 0 Å². The van der Waals surface area contributed by atoms with Crippen LogP contribution in [0.15, 0.2) is 48.7 Å². The molecule has 0 aliphatic rings. The summed E-state index contributed by atoms with van der Waals surface area (Å²) in [5, 5.41) is 8.17. The molecular weight excluding hydrogens is 306 g/mol. The number of aryl methyl sites for hydroxylation is 2. The summed E-state index contributed by atoms with van der Waals surface area (Å²) in [5.41, 5.74) is 4.99. The first-order valence-corrected chi connectivity index (χ1v) is 7.81. The van der Waals surface area contributed by atoms with E-state index in [1.54, 1.807) is 6.20 Å². The predicted octanol–water partition coefficient (Wildman–Crippen LogP) is 4.42. The van der Waals surface area contributed by atoms with Gasteiger partial charge in [0.25, 0.3) is 0 Å². The molecule has 0 aliphatic heterocycles. The Labute approximate surface area is 140 Å². The fourth-order valence-corrected chi connectivity index (χ4v) is 2.46. The zero-order valence-electron chi connectivity index (χ0n) is 12.8. The Morgan fingerprint density at radius 3 is 2.91 bits per heavy atom. The maximum Gasteiger partial charge on any atom is 0.113 e. The predicted molar refractivity (Wildman–Crippen MR) is 93.2 cm³/mol. The highest BCUT2D eigenvalue weighted by Crippen LogP contribution is 2.25. The van der Waals surface area contributed by atoms with E-state index in [1.807, 2.05) is 36.4 Å². The monoisotopic (exact) mass is 321 g/mol. The molecule has 2 heterocycles. The third kappa shape index (κ3) is 4.00. The molecule has 1 aromatic carbocycles. The molecule has 0 fully saturated rings. The first-order chi connectivity index (χ1) is 11.2. The molecule has 2 aromatic heterocycles. The van der Waals surface area contributed by atoms with Crippen molar-refractivity contribution >= 4 is 11.6 Å². The molecule has 1 N–H and O–H groups in total. The number of hydrogen-bond donors (Lipinski definition) is 1. The highest BCUT2D eigenvalue weighted by molar-refractivity contribution is 6.30. The molecule has 0 atom stereocenters. The van der Waals surface area contributed by atoms with Crippen LogP contribution in [-0.2, 0) is 6.42 Å². The smallest absolute Gasteiger partial charge is 0.113 e. The normalized spacial score (nSPS) is 10.2. The van der Waals surface area contributed by atoms with Gasteiger partial charge in [-0.15, -0.1) is 0 Å². The number of nitrogens with zero attached hydrogens (tertiary/aromatic N) is 2. The van der Waals surface area contributed by atoms with Crippen LogP contribution in [0.2, 0.25) is 5.02 Å². The molecule has 0 aliphatic carbocycles. The quantitative estimate of drug-likeness (QED) is 0.726. The first-order valence-electron chi connectivity index (χ1n) is 7.43. The van der Waals surface area contributed by atoms with E-state index < -0.39 is 0 Å². The summed E-state index contributed by atoms with van der Waals surface area (Å²) in [5.74, 6) is 6.20. The standard InChI is InChI=1S/C19H16ClN3/c1-14-9-10-15(20)12-18(14)19-13-17(22-23-19)8-3-2-6-16-7-4-5-11-21-16/h4-5,7,9-13H,3,8H2,1H3,(H,22,23). The number of pyridine rings is 1. The molecule has 0 unspecified atom stereocenters. The summed E-state index contributed by atoms with van der Waals surface area (Å²) in [7, 11) is 0. The van der Waals surface area contributed by atoms with E-state index in [0.717, 1.165) is 46.1 Å². The van der Waals surface area contributed by atoms with Crippen LogP contribution in [0, 0.1) is 18.8 Å². The Morgan fingerprint density at radius 1 is 1.17 bits per heavy atom. The molecule has 0 amide bonds. The van der Waals surface area contributed by atoms with Gasteiger partial charge in [0.1, 0.15) is 5.69 Å². The van der Waals surface area contributed by atoms with Gasteiger partial charge in [0.2, 0.25) is 0 Å². The number of H-pyrrole nitrogens is 1. The largest absolute Gasteiger partial charge is 0.282 e. The van der Waals surface area contributed by atoms with Crippen LogP contribution in [0.3, 0.4) is 0 Å². The zero-order valence-corrected chi connectivity index (χ0v) is 13.6. The maximum atomic E-state index is 6.07. The maximum absolute atomic E-state index is 6.07. The van der Waals surface area contributed by atoms with Crippen LogP contribution in [0.4, 0.5) is 0 Å². The summed E-state index contributed by atoms with van der Waals surface area (Å²) in [4.78, 5) is 4.18. The van der Waals surface area contributed by atoms with E-state index in [1.165, 1.54) is 0 Å². The van der Waals surface area contributed by atoms with Crippen LogP contribution in [0.5, 0.6) is 0 Å². The van der Waals surface area contributed by atoms with Crippen LogP contribution in [0.1, 0.15) is 23.4 Å². The van der Waals surface area contributed by atoms with Gasteiger partial charge in [-0.1, -0.05) is 29.7 Å². The Bertz CT molecular complexity index is 857. The van der Waals surface area contributed by atoms with Crippen LogP contribution < -0.4 is 0 Å². The molecular formula is C19H16ClN3. The molecule has 0 radical (unpaired) electrons. The lowest BCUT2D eigenvalue weighted by Crippen LogP contribution is -1.84. The number of rotatable bonds is 3. The minimum absolute atomic E-state index is 0.719. The van der Waals surface area contributed by atoms with Gasteiger partial charge in [-0.2, -0.15) is 5.10 Å². The zero-order chi connectivity index (χ0) is 16.1. The van der Waals surface area contributed by atoms with Crippen molar-refractivity contribution in [1.29, 1.82) is 0 Å². The molecule has 3 aromatic rings. The molecule has 3 rings (SSSR count). The van der Waals surface area contributed by atoms with Crippen molar-refractivity contribution in [2.45, 2.75) is 19.8 Å². The molecule has 4 heteroatoms. The summed E-state index contributed by atoms with van der Waals surface area (Å²) < 4.78 is 0. The molecule has 0 saturated heterocycles. The van der Waals surface area contributed by atoms with E-state index in [4.69, 9.17) is 11.6 Å². The topological polar surface area (TPSA) is 41.6 Å². The van der Waals surface area contributed by atoms with Crippen molar-refractivity contribution < 1.29 is 0 Å². The van der Waals surface area contributed by atoms with E-state index >= 15 is 0 Å². The molecule has 23 heavy (non-hydrogen) atoms. The van der Waals surface area contributed by atoms with Crippen molar-refractivity contribution in [3.63, 3.8) is 0 Å². The van der Waals surface area contributed by atoms with E-state index in [9.17, 15) is 0 Å². The van der Waals surface area contributed by atoms with Crippen molar-refractivity contribution in [3.05, 3.63) is 70.6 Å². The number of aromatic amines is 1. The molecule has 0 bridgehead atoms. The second-order valence-electron chi connectivity index (χ2n) is 5.25. The third-order valence-electron chi connectivity index (χ3n) is 3.51. The second-order valence-corrected chi connectivity index (χ2v) is 5.69. The SMILES string of the molecule is Cc1ccc(Cl)cc1-c1cc(CCC#Cc2ccccn2)[nH]n1. The third-order valence-corrected chi connectivity index (χ3v) is 3.74. The van der Waals surface area contributed by atoms with Gasteiger partial charge in [0.15, 0.2) is 0 Å². The molecule has 0 saturated carbocycles. The highest BCUT2D eigenvalue weighted by atomic mass is 35.5. The average Bonchev–Trinajstić information content (AvgIpc) is 3.03. The van der Waals surface area contributed by atoms with Crippen LogP contribution in [-0.4, -0.2) is 15.2 Å². The Morgan fingerprint density at radius 2 is 2.09 bits per heavy atom. The average molecular weight is 322 g/mol. The van der Waals surface area contributed by atoms with Crippen LogP contribution in [0.25, 0.3) is 11.3 Å². The summed E-state index contributed by atoms with van der Waals surface area (Å²) in [6, 6.07) is 13.6.